The number of carbonyl (C=O) groups is 2. The summed E-state index contributed by atoms with van der Waals surface area (Å²) in [6, 6.07) is 17.1. The van der Waals surface area contributed by atoms with Gasteiger partial charge in [-0.2, -0.15) is 5.26 Å². The Hall–Kier alpha value is -4.05. The number of rotatable bonds is 7. The van der Waals surface area contributed by atoms with Crippen LogP contribution < -0.4 is 10.1 Å². The van der Waals surface area contributed by atoms with E-state index in [1.807, 2.05) is 70.2 Å². The predicted molar refractivity (Wildman–Crippen MR) is 121 cm³/mol. The summed E-state index contributed by atoms with van der Waals surface area (Å²) in [6.45, 7) is 6.85. The number of benzene rings is 2. The quantitative estimate of drug-likeness (QED) is 0.568. The molecule has 0 radical (unpaired) electrons. The van der Waals surface area contributed by atoms with Gasteiger partial charge in [0.15, 0.2) is 13.2 Å². The van der Waals surface area contributed by atoms with E-state index in [9.17, 15) is 14.9 Å². The third kappa shape index (κ3) is 4.98. The highest BCUT2D eigenvalue weighted by Crippen LogP contribution is 2.29. The molecule has 3 aromatic rings. The van der Waals surface area contributed by atoms with Gasteiger partial charge in [-0.05, 0) is 68.7 Å². The molecule has 0 fully saturated rings. The smallest absolute Gasteiger partial charge is 0.344 e. The Kier molecular flexibility index (Phi) is 6.96. The fraction of sp³-hybridized carbons (Fsp3) is 0.240. The van der Waals surface area contributed by atoms with Crippen LogP contribution in [0, 0.1) is 39.0 Å². The molecule has 0 saturated heterocycles. The van der Waals surface area contributed by atoms with Gasteiger partial charge in [0.2, 0.25) is 0 Å². The van der Waals surface area contributed by atoms with Crippen LogP contribution in [0.3, 0.4) is 0 Å². The van der Waals surface area contributed by atoms with E-state index in [1.165, 1.54) is 0 Å². The Bertz CT molecular complexity index is 1190. The van der Waals surface area contributed by atoms with Gasteiger partial charge in [0, 0.05) is 11.4 Å². The molecule has 1 N–H and O–H groups in total. The summed E-state index contributed by atoms with van der Waals surface area (Å²) in [7, 11) is 0. The van der Waals surface area contributed by atoms with Crippen LogP contribution in [0.1, 0.15) is 27.9 Å². The van der Waals surface area contributed by atoms with Crippen molar-refractivity contribution in [3.05, 3.63) is 76.5 Å². The van der Waals surface area contributed by atoms with Crippen LogP contribution in [-0.2, 0) is 14.3 Å². The Morgan fingerprint density at radius 2 is 1.72 bits per heavy atom. The fourth-order valence-corrected chi connectivity index (χ4v) is 3.26. The maximum absolute atomic E-state index is 12.5. The third-order valence-electron chi connectivity index (χ3n) is 5.30. The van der Waals surface area contributed by atoms with Gasteiger partial charge in [-0.1, -0.05) is 24.3 Å². The molecule has 1 aromatic heterocycles. The van der Waals surface area contributed by atoms with Crippen LogP contribution in [-0.4, -0.2) is 29.7 Å². The molecule has 3 rings (SSSR count). The van der Waals surface area contributed by atoms with Gasteiger partial charge in [0.1, 0.15) is 17.6 Å². The van der Waals surface area contributed by atoms with Crippen molar-refractivity contribution in [2.45, 2.75) is 27.7 Å². The lowest BCUT2D eigenvalue weighted by Crippen LogP contribution is -2.25. The lowest BCUT2D eigenvalue weighted by Gasteiger charge is -2.13. The van der Waals surface area contributed by atoms with E-state index in [2.05, 4.69) is 11.4 Å². The Labute approximate surface area is 187 Å². The van der Waals surface area contributed by atoms with Crippen molar-refractivity contribution in [3.8, 4) is 17.5 Å². The van der Waals surface area contributed by atoms with Crippen molar-refractivity contribution in [2.75, 3.05) is 18.5 Å². The molecule has 164 valence electrons. The average molecular weight is 431 g/mol. The molecule has 0 aliphatic heterocycles. The molecule has 0 saturated carbocycles. The predicted octanol–water partition coefficient (Wildman–Crippen LogP) is 4.14. The minimum absolute atomic E-state index is 0.308. The van der Waals surface area contributed by atoms with Crippen molar-refractivity contribution in [2.24, 2.45) is 0 Å². The maximum atomic E-state index is 12.5. The number of aromatic nitrogens is 1. The first-order chi connectivity index (χ1) is 15.3. The molecular weight excluding hydrogens is 406 g/mol. The fourth-order valence-electron chi connectivity index (χ4n) is 3.26. The summed E-state index contributed by atoms with van der Waals surface area (Å²) in [5.41, 5.74) is 4.95. The van der Waals surface area contributed by atoms with Gasteiger partial charge in [0.05, 0.1) is 5.56 Å². The summed E-state index contributed by atoms with van der Waals surface area (Å²) in [5.74, 6) is -0.304. The number of nitrogens with zero attached hydrogens (tertiary/aromatic N) is 2. The van der Waals surface area contributed by atoms with Gasteiger partial charge in [-0.15, -0.1) is 0 Å². The van der Waals surface area contributed by atoms with Gasteiger partial charge < -0.3 is 14.8 Å². The summed E-state index contributed by atoms with van der Waals surface area (Å²) in [4.78, 5) is 24.5. The topological polar surface area (TPSA) is 93.3 Å². The standard InChI is InChI=1S/C25H25N3O4/c1-16-10-11-21(12-17(16)2)31-15-24(30)32-14-23(29)27-25-22(13-26)18(3)19(4)28(25)20-8-6-5-7-9-20/h5-12H,14-15H2,1-4H3,(H,27,29). The van der Waals surface area contributed by atoms with Gasteiger partial charge >= 0.3 is 5.97 Å². The van der Waals surface area contributed by atoms with E-state index in [4.69, 9.17) is 9.47 Å². The summed E-state index contributed by atoms with van der Waals surface area (Å²) in [6.07, 6.45) is 0. The Morgan fingerprint density at radius 3 is 2.38 bits per heavy atom. The van der Waals surface area contributed by atoms with Crippen LogP contribution in [0.5, 0.6) is 5.75 Å². The highest BCUT2D eigenvalue weighted by Gasteiger charge is 2.21. The average Bonchev–Trinajstić information content (AvgIpc) is 3.02. The third-order valence-corrected chi connectivity index (χ3v) is 5.30. The number of nitrogens with one attached hydrogen (secondary N) is 1. The minimum atomic E-state index is -0.662. The van der Waals surface area contributed by atoms with Crippen molar-refractivity contribution >= 4 is 17.7 Å². The number of nitriles is 1. The summed E-state index contributed by atoms with van der Waals surface area (Å²) >= 11 is 0. The number of anilines is 1. The highest BCUT2D eigenvalue weighted by atomic mass is 16.6. The second-order valence-corrected chi connectivity index (χ2v) is 7.46. The van der Waals surface area contributed by atoms with E-state index in [0.29, 0.717) is 17.1 Å². The second-order valence-electron chi connectivity index (χ2n) is 7.46. The van der Waals surface area contributed by atoms with Gasteiger partial charge in [-0.3, -0.25) is 9.36 Å². The summed E-state index contributed by atoms with van der Waals surface area (Å²) < 4.78 is 12.3. The number of hydrogen-bond acceptors (Lipinski definition) is 5. The van der Waals surface area contributed by atoms with E-state index < -0.39 is 18.5 Å². The molecule has 32 heavy (non-hydrogen) atoms. The monoisotopic (exact) mass is 431 g/mol. The van der Waals surface area contributed by atoms with Gasteiger partial charge in [-0.25, -0.2) is 4.79 Å². The zero-order valence-corrected chi connectivity index (χ0v) is 18.6. The molecule has 7 nitrogen and oxygen atoms in total. The number of para-hydroxylation sites is 1. The number of hydrogen-bond donors (Lipinski definition) is 1. The number of amides is 1. The van der Waals surface area contributed by atoms with Crippen LogP contribution >= 0.6 is 0 Å². The lowest BCUT2D eigenvalue weighted by molar-refractivity contribution is -0.149. The molecule has 1 heterocycles. The zero-order valence-electron chi connectivity index (χ0n) is 18.6. The largest absolute Gasteiger partial charge is 0.482 e. The molecule has 0 atom stereocenters. The van der Waals surface area contributed by atoms with Crippen molar-refractivity contribution in [1.29, 1.82) is 5.26 Å². The molecular formula is C25H25N3O4. The molecule has 0 unspecified atom stereocenters. The molecule has 2 aromatic carbocycles. The van der Waals surface area contributed by atoms with E-state index >= 15 is 0 Å². The zero-order chi connectivity index (χ0) is 23.3. The number of ether oxygens (including phenoxy) is 2. The van der Waals surface area contributed by atoms with Crippen molar-refractivity contribution in [1.82, 2.24) is 4.57 Å². The number of esters is 1. The van der Waals surface area contributed by atoms with E-state index in [-0.39, 0.29) is 6.61 Å². The first kappa shape index (κ1) is 22.6. The molecule has 0 bridgehead atoms. The van der Waals surface area contributed by atoms with Crippen LogP contribution in [0.15, 0.2) is 48.5 Å². The number of carbonyl (C=O) groups excluding carboxylic acids is 2. The van der Waals surface area contributed by atoms with E-state index in [1.54, 1.807) is 10.6 Å². The summed E-state index contributed by atoms with van der Waals surface area (Å²) in [5, 5.41) is 12.3. The molecule has 0 aliphatic rings. The van der Waals surface area contributed by atoms with Crippen molar-refractivity contribution < 1.29 is 19.1 Å². The van der Waals surface area contributed by atoms with Crippen molar-refractivity contribution in [3.63, 3.8) is 0 Å². The first-order valence-electron chi connectivity index (χ1n) is 10.1. The number of aryl methyl sites for hydroxylation is 2. The second kappa shape index (κ2) is 9.84. The molecule has 1 amide bonds. The maximum Gasteiger partial charge on any atom is 0.344 e. The molecule has 7 heteroatoms. The molecule has 0 aliphatic carbocycles. The minimum Gasteiger partial charge on any atom is -0.482 e. The van der Waals surface area contributed by atoms with Gasteiger partial charge in [0.25, 0.3) is 5.91 Å². The van der Waals surface area contributed by atoms with Crippen LogP contribution in [0.25, 0.3) is 5.69 Å². The first-order valence-corrected chi connectivity index (χ1v) is 10.1. The Morgan fingerprint density at radius 1 is 1.00 bits per heavy atom. The van der Waals surface area contributed by atoms with Crippen LogP contribution in [0.2, 0.25) is 0 Å². The highest BCUT2D eigenvalue weighted by molar-refractivity contribution is 5.94. The molecule has 0 spiro atoms. The lowest BCUT2D eigenvalue weighted by atomic mass is 10.1. The SMILES string of the molecule is Cc1ccc(OCC(=O)OCC(=O)Nc2c(C#N)c(C)c(C)n2-c2ccccc2)cc1C. The van der Waals surface area contributed by atoms with E-state index in [0.717, 1.165) is 28.1 Å². The van der Waals surface area contributed by atoms with Crippen LogP contribution in [0.4, 0.5) is 5.82 Å². The normalized spacial score (nSPS) is 10.3. The Balaban J connectivity index is 1.65.